The Morgan fingerprint density at radius 2 is 2.38 bits per heavy atom. The summed E-state index contributed by atoms with van der Waals surface area (Å²) in [5, 5.41) is 13.3. The minimum Gasteiger partial charge on any atom is -0.395 e. The molecule has 0 aliphatic carbocycles. The van der Waals surface area contributed by atoms with E-state index in [0.717, 1.165) is 16.6 Å². The number of thiophene rings is 1. The molecule has 2 rings (SSSR count). The summed E-state index contributed by atoms with van der Waals surface area (Å²) in [5.74, 6) is 5.43. The Labute approximate surface area is 124 Å². The first-order chi connectivity index (χ1) is 10.2. The highest BCUT2D eigenvalue weighted by atomic mass is 32.1. The van der Waals surface area contributed by atoms with Gasteiger partial charge < -0.3 is 15.4 Å². The van der Waals surface area contributed by atoms with Crippen LogP contribution in [0, 0.1) is 11.8 Å². The van der Waals surface area contributed by atoms with Crippen LogP contribution in [-0.2, 0) is 6.54 Å². The summed E-state index contributed by atoms with van der Waals surface area (Å²) in [7, 11) is 0. The van der Waals surface area contributed by atoms with Crippen LogP contribution in [0.5, 0.6) is 0 Å². The molecule has 2 heterocycles. The second-order valence-corrected chi connectivity index (χ2v) is 5.01. The van der Waals surface area contributed by atoms with Gasteiger partial charge in [0.25, 0.3) is 11.5 Å². The zero-order valence-electron chi connectivity index (χ0n) is 11.0. The van der Waals surface area contributed by atoms with Gasteiger partial charge in [0.1, 0.15) is 5.69 Å². The molecule has 3 N–H and O–H groups in total. The molecule has 0 bridgehead atoms. The number of aromatic nitrogens is 2. The third kappa shape index (κ3) is 4.27. The van der Waals surface area contributed by atoms with E-state index in [1.807, 2.05) is 11.4 Å². The molecule has 0 aliphatic heterocycles. The molecule has 0 saturated heterocycles. The Morgan fingerprint density at radius 3 is 3.10 bits per heavy atom. The third-order valence-corrected chi connectivity index (χ3v) is 3.44. The predicted octanol–water partition coefficient (Wildman–Crippen LogP) is 0.495. The van der Waals surface area contributed by atoms with E-state index in [1.54, 1.807) is 0 Å². The summed E-state index contributed by atoms with van der Waals surface area (Å²) in [5.41, 5.74) is 0.633. The molecule has 21 heavy (non-hydrogen) atoms. The van der Waals surface area contributed by atoms with Gasteiger partial charge in [-0.05, 0) is 11.4 Å². The molecule has 0 aliphatic rings. The Kier molecular flexibility index (Phi) is 5.26. The number of amides is 1. The van der Waals surface area contributed by atoms with Gasteiger partial charge in [-0.2, -0.15) is 0 Å². The molecule has 2 aromatic heterocycles. The fourth-order valence-corrected chi connectivity index (χ4v) is 2.29. The Hall–Kier alpha value is -2.43. The zero-order valence-corrected chi connectivity index (χ0v) is 11.9. The van der Waals surface area contributed by atoms with Crippen LogP contribution in [0.15, 0.2) is 28.6 Å². The second kappa shape index (κ2) is 7.38. The molecule has 6 nitrogen and oxygen atoms in total. The first kappa shape index (κ1) is 15.0. The van der Waals surface area contributed by atoms with Gasteiger partial charge >= 0.3 is 0 Å². The average Bonchev–Trinajstić information content (AvgIpc) is 2.93. The molecule has 0 saturated carbocycles. The van der Waals surface area contributed by atoms with Crippen molar-refractivity contribution < 1.29 is 9.90 Å². The van der Waals surface area contributed by atoms with E-state index in [1.165, 1.54) is 17.5 Å². The number of carbonyl (C=O) groups is 1. The molecule has 0 radical (unpaired) electrons. The van der Waals surface area contributed by atoms with Crippen LogP contribution in [0.3, 0.4) is 0 Å². The van der Waals surface area contributed by atoms with Crippen molar-refractivity contribution in [2.24, 2.45) is 0 Å². The number of carbonyl (C=O) groups excluding carboxylic acids is 1. The summed E-state index contributed by atoms with van der Waals surface area (Å²) in [6.45, 7) is 0.363. The van der Waals surface area contributed by atoms with Crippen molar-refractivity contribution >= 4 is 17.2 Å². The van der Waals surface area contributed by atoms with Gasteiger partial charge in [0.05, 0.1) is 19.3 Å². The molecule has 0 aromatic carbocycles. The van der Waals surface area contributed by atoms with E-state index >= 15 is 0 Å². The Balaban J connectivity index is 1.99. The van der Waals surface area contributed by atoms with Crippen molar-refractivity contribution in [1.82, 2.24) is 15.3 Å². The lowest BCUT2D eigenvalue weighted by Gasteiger charge is -2.03. The maximum Gasteiger partial charge on any atom is 0.271 e. The lowest BCUT2D eigenvalue weighted by Crippen LogP contribution is -2.25. The van der Waals surface area contributed by atoms with Gasteiger partial charge in [0.15, 0.2) is 0 Å². The summed E-state index contributed by atoms with van der Waals surface area (Å²) < 4.78 is 0. The first-order valence-electron chi connectivity index (χ1n) is 6.19. The van der Waals surface area contributed by atoms with Crippen LogP contribution in [-0.4, -0.2) is 27.6 Å². The number of aliphatic hydroxyl groups is 1. The molecular formula is C14H13N3O3S. The molecule has 0 unspecified atom stereocenters. The van der Waals surface area contributed by atoms with Crippen molar-refractivity contribution in [3.8, 4) is 11.8 Å². The number of aromatic amines is 1. The molecule has 0 atom stereocenters. The largest absolute Gasteiger partial charge is 0.395 e. The van der Waals surface area contributed by atoms with Crippen LogP contribution < -0.4 is 10.9 Å². The smallest absolute Gasteiger partial charge is 0.271 e. The predicted molar refractivity (Wildman–Crippen MR) is 78.9 cm³/mol. The summed E-state index contributed by atoms with van der Waals surface area (Å²) in [6.07, 6.45) is 2.75. The Morgan fingerprint density at radius 1 is 1.52 bits per heavy atom. The molecule has 0 spiro atoms. The quantitative estimate of drug-likeness (QED) is 0.717. The van der Waals surface area contributed by atoms with Gasteiger partial charge in [-0.25, -0.2) is 4.98 Å². The van der Waals surface area contributed by atoms with Gasteiger partial charge in [-0.3, -0.25) is 9.59 Å². The van der Waals surface area contributed by atoms with Crippen molar-refractivity contribution in [3.63, 3.8) is 0 Å². The second-order valence-electron chi connectivity index (χ2n) is 4.01. The fourth-order valence-electron chi connectivity index (χ4n) is 1.52. The van der Waals surface area contributed by atoms with Crippen LogP contribution in [0.1, 0.15) is 27.3 Å². The van der Waals surface area contributed by atoms with Crippen LogP contribution in [0.25, 0.3) is 0 Å². The summed E-state index contributed by atoms with van der Waals surface area (Å²) in [4.78, 5) is 29.8. The molecule has 2 aromatic rings. The highest BCUT2D eigenvalue weighted by molar-refractivity contribution is 7.10. The summed E-state index contributed by atoms with van der Waals surface area (Å²) >= 11 is 1.49. The average molecular weight is 303 g/mol. The van der Waals surface area contributed by atoms with Crippen molar-refractivity contribution in [1.29, 1.82) is 0 Å². The zero-order chi connectivity index (χ0) is 15.1. The topological polar surface area (TPSA) is 95.1 Å². The normalized spacial score (nSPS) is 9.76. The van der Waals surface area contributed by atoms with Gasteiger partial charge in [-0.1, -0.05) is 11.8 Å². The number of nitrogens with zero attached hydrogens (tertiary/aromatic N) is 1. The monoisotopic (exact) mass is 303 g/mol. The minimum atomic E-state index is -0.367. The number of aliphatic hydroxyl groups excluding tert-OH is 1. The Bertz CT molecular complexity index is 719. The van der Waals surface area contributed by atoms with Gasteiger partial charge in [0, 0.05) is 23.1 Å². The highest BCUT2D eigenvalue weighted by Gasteiger charge is 2.08. The number of rotatable bonds is 4. The number of H-pyrrole nitrogens is 1. The van der Waals surface area contributed by atoms with Gasteiger partial charge in [0.2, 0.25) is 0 Å². The molecule has 1 amide bonds. The first-order valence-corrected chi connectivity index (χ1v) is 7.07. The molecular weight excluding hydrogens is 290 g/mol. The maximum absolute atomic E-state index is 11.9. The van der Waals surface area contributed by atoms with E-state index in [2.05, 4.69) is 27.1 Å². The molecule has 108 valence electrons. The highest BCUT2D eigenvalue weighted by Crippen LogP contribution is 2.15. The number of nitrogens with one attached hydrogen (secondary N) is 2. The minimum absolute atomic E-state index is 0.0289. The van der Waals surface area contributed by atoms with E-state index in [4.69, 9.17) is 5.11 Å². The fraction of sp³-hybridized carbons (Fsp3) is 0.214. The number of hydrogen-bond donors (Lipinski definition) is 3. The van der Waals surface area contributed by atoms with E-state index in [9.17, 15) is 9.59 Å². The van der Waals surface area contributed by atoms with Crippen LogP contribution in [0.2, 0.25) is 0 Å². The van der Waals surface area contributed by atoms with Gasteiger partial charge in [-0.15, -0.1) is 11.3 Å². The van der Waals surface area contributed by atoms with E-state index in [-0.39, 0.29) is 23.8 Å². The summed E-state index contributed by atoms with van der Waals surface area (Å²) in [6, 6.07) is 1.87. The molecule has 7 heteroatoms. The van der Waals surface area contributed by atoms with Crippen molar-refractivity contribution in [2.75, 3.05) is 6.61 Å². The SMILES string of the molecule is O=C(NCc1sccc1C#CCCO)c1c[nH]c(=O)cn1. The maximum atomic E-state index is 11.9. The lowest BCUT2D eigenvalue weighted by atomic mass is 10.2. The lowest BCUT2D eigenvalue weighted by molar-refractivity contribution is 0.0946. The van der Waals surface area contributed by atoms with E-state index < -0.39 is 0 Å². The van der Waals surface area contributed by atoms with Crippen LogP contribution in [0.4, 0.5) is 0 Å². The number of hydrogen-bond acceptors (Lipinski definition) is 5. The van der Waals surface area contributed by atoms with Crippen LogP contribution >= 0.6 is 11.3 Å². The third-order valence-electron chi connectivity index (χ3n) is 2.52. The standard InChI is InChI=1S/C14H13N3O3S/c18-5-2-1-3-10-4-6-21-12(10)8-17-14(20)11-7-16-13(19)9-15-11/h4,6-7,9,18H,2,5,8H2,(H,16,19)(H,17,20). The van der Waals surface area contributed by atoms with Crippen molar-refractivity contribution in [3.05, 3.63) is 50.3 Å². The van der Waals surface area contributed by atoms with E-state index in [0.29, 0.717) is 13.0 Å². The molecule has 0 fully saturated rings. The van der Waals surface area contributed by atoms with Crippen molar-refractivity contribution in [2.45, 2.75) is 13.0 Å².